The van der Waals surface area contributed by atoms with Crippen LogP contribution in [-0.4, -0.2) is 30.0 Å². The Hall–Kier alpha value is -3.71. The Balaban J connectivity index is 1.43. The fourth-order valence-electron chi connectivity index (χ4n) is 5.87. The van der Waals surface area contributed by atoms with Gasteiger partial charge in [-0.05, 0) is 83.2 Å². The van der Waals surface area contributed by atoms with E-state index >= 15 is 0 Å². The van der Waals surface area contributed by atoms with Crippen LogP contribution in [0.4, 0.5) is 0 Å². The van der Waals surface area contributed by atoms with E-state index in [0.29, 0.717) is 29.7 Å². The Morgan fingerprint density at radius 3 is 2.32 bits per heavy atom. The molecule has 4 aromatic rings. The van der Waals surface area contributed by atoms with E-state index in [4.69, 9.17) is 14.5 Å². The molecule has 1 fully saturated rings. The van der Waals surface area contributed by atoms with Crippen LogP contribution >= 0.6 is 11.3 Å². The molecule has 1 aliphatic carbocycles. The van der Waals surface area contributed by atoms with Crippen molar-refractivity contribution in [1.82, 2.24) is 10.3 Å². The summed E-state index contributed by atoms with van der Waals surface area (Å²) in [7, 11) is 1.35. The number of rotatable bonds is 10. The summed E-state index contributed by atoms with van der Waals surface area (Å²) < 4.78 is 11.3. The first-order valence-corrected chi connectivity index (χ1v) is 16.5. The van der Waals surface area contributed by atoms with E-state index in [-0.39, 0.29) is 11.3 Å². The van der Waals surface area contributed by atoms with Crippen molar-refractivity contribution in [3.8, 4) is 11.5 Å². The maximum atomic E-state index is 13.7. The summed E-state index contributed by atoms with van der Waals surface area (Å²) in [6, 6.07) is 19.3. The van der Waals surface area contributed by atoms with Crippen LogP contribution in [0.25, 0.3) is 10.8 Å². The standard InChI is InChI=1S/C37H44N2O4S/c1-23(2)34-18-16-29(44-34)22-33(36(41)42-6)39-35(40)32-21-25-20-28(43-27-13-11-26(12-14-27)37(3,4)5)15-17-30(25)31(38-32)19-24-9-7-8-10-24/h11-18,20-21,23-24,33H,7-10,19,22H2,1-6H3,(H,39,40)/t33-/m0/s1. The summed E-state index contributed by atoms with van der Waals surface area (Å²) in [5.41, 5.74) is 2.51. The second-order valence-electron chi connectivity index (χ2n) is 13.3. The predicted octanol–water partition coefficient (Wildman–Crippen LogP) is 8.76. The fraction of sp³-hybridized carbons (Fsp3) is 0.432. The minimum atomic E-state index is -0.812. The number of hydrogen-bond acceptors (Lipinski definition) is 6. The van der Waals surface area contributed by atoms with Crippen LogP contribution < -0.4 is 10.1 Å². The molecular weight excluding hydrogens is 568 g/mol. The van der Waals surface area contributed by atoms with Gasteiger partial charge in [-0.25, -0.2) is 9.78 Å². The van der Waals surface area contributed by atoms with Gasteiger partial charge in [-0.15, -0.1) is 11.3 Å². The number of aromatic nitrogens is 1. The average Bonchev–Trinajstić information content (AvgIpc) is 3.68. The van der Waals surface area contributed by atoms with E-state index in [9.17, 15) is 9.59 Å². The number of thiophene rings is 1. The van der Waals surface area contributed by atoms with Crippen LogP contribution in [0.1, 0.15) is 97.7 Å². The summed E-state index contributed by atoms with van der Waals surface area (Å²) in [5, 5.41) is 4.83. The van der Waals surface area contributed by atoms with Gasteiger partial charge in [0.15, 0.2) is 0 Å². The monoisotopic (exact) mass is 612 g/mol. The third-order valence-corrected chi connectivity index (χ3v) is 9.88. The molecule has 1 saturated carbocycles. The molecule has 2 aromatic carbocycles. The van der Waals surface area contributed by atoms with Crippen molar-refractivity contribution in [1.29, 1.82) is 0 Å². The highest BCUT2D eigenvalue weighted by molar-refractivity contribution is 7.12. The van der Waals surface area contributed by atoms with Crippen molar-refractivity contribution in [3.63, 3.8) is 0 Å². The molecule has 0 bridgehead atoms. The number of nitrogens with one attached hydrogen (secondary N) is 1. The largest absolute Gasteiger partial charge is 0.467 e. The van der Waals surface area contributed by atoms with Gasteiger partial charge in [-0.1, -0.05) is 72.4 Å². The normalized spacial score (nSPS) is 14.6. The van der Waals surface area contributed by atoms with Crippen molar-refractivity contribution in [2.24, 2.45) is 5.92 Å². The van der Waals surface area contributed by atoms with Gasteiger partial charge in [0.05, 0.1) is 7.11 Å². The number of benzene rings is 2. The number of amides is 1. The molecule has 44 heavy (non-hydrogen) atoms. The highest BCUT2D eigenvalue weighted by Gasteiger charge is 2.26. The summed E-state index contributed by atoms with van der Waals surface area (Å²) in [5.74, 6) is 1.54. The van der Waals surface area contributed by atoms with Crippen molar-refractivity contribution in [2.45, 2.75) is 90.5 Å². The lowest BCUT2D eigenvalue weighted by Crippen LogP contribution is -2.43. The molecule has 6 nitrogen and oxygen atoms in total. The van der Waals surface area contributed by atoms with Gasteiger partial charge in [0.25, 0.3) is 5.91 Å². The Kier molecular flexibility index (Phi) is 9.74. The zero-order valence-corrected chi connectivity index (χ0v) is 27.6. The van der Waals surface area contributed by atoms with Gasteiger partial charge < -0.3 is 14.8 Å². The maximum Gasteiger partial charge on any atom is 0.328 e. The second-order valence-corrected chi connectivity index (χ2v) is 14.5. The fourth-order valence-corrected chi connectivity index (χ4v) is 6.93. The molecule has 232 valence electrons. The molecule has 7 heteroatoms. The molecule has 2 aromatic heterocycles. The quantitative estimate of drug-likeness (QED) is 0.181. The van der Waals surface area contributed by atoms with Gasteiger partial charge >= 0.3 is 5.97 Å². The number of hydrogen-bond donors (Lipinski definition) is 1. The number of esters is 1. The zero-order chi connectivity index (χ0) is 31.4. The van der Waals surface area contributed by atoms with Crippen LogP contribution in [0.15, 0.2) is 60.7 Å². The summed E-state index contributed by atoms with van der Waals surface area (Å²) >= 11 is 1.66. The van der Waals surface area contributed by atoms with E-state index in [0.717, 1.165) is 33.5 Å². The molecule has 1 aliphatic rings. The minimum absolute atomic E-state index is 0.0643. The molecule has 0 radical (unpaired) electrons. The third kappa shape index (κ3) is 7.68. The SMILES string of the molecule is COC(=O)[C@H](Cc1ccc(C(C)C)s1)NC(=O)c1cc2cc(Oc3ccc(C(C)(C)C)cc3)ccc2c(CC2CCCC2)n1. The molecule has 1 amide bonds. The Labute approximate surface area is 265 Å². The number of ether oxygens (including phenoxy) is 2. The molecule has 5 rings (SSSR count). The predicted molar refractivity (Wildman–Crippen MR) is 178 cm³/mol. The Morgan fingerprint density at radius 2 is 1.68 bits per heavy atom. The van der Waals surface area contributed by atoms with E-state index < -0.39 is 12.0 Å². The Bertz CT molecular complexity index is 1610. The van der Waals surface area contributed by atoms with E-state index in [1.165, 1.54) is 43.2 Å². The lowest BCUT2D eigenvalue weighted by Gasteiger charge is -2.19. The first kappa shape index (κ1) is 31.7. The van der Waals surface area contributed by atoms with E-state index in [2.05, 4.69) is 58.1 Å². The summed E-state index contributed by atoms with van der Waals surface area (Å²) in [6.07, 6.45) is 6.00. The van der Waals surface area contributed by atoms with Crippen LogP contribution in [0.3, 0.4) is 0 Å². The van der Waals surface area contributed by atoms with Crippen LogP contribution in [-0.2, 0) is 27.8 Å². The van der Waals surface area contributed by atoms with Gasteiger partial charge in [-0.2, -0.15) is 0 Å². The smallest absolute Gasteiger partial charge is 0.328 e. The second kappa shape index (κ2) is 13.5. The molecule has 0 aliphatic heterocycles. The van der Waals surface area contributed by atoms with Crippen molar-refractivity contribution < 1.29 is 19.1 Å². The van der Waals surface area contributed by atoms with Crippen LogP contribution in [0, 0.1) is 5.92 Å². The van der Waals surface area contributed by atoms with Gasteiger partial charge in [-0.3, -0.25) is 4.79 Å². The Morgan fingerprint density at radius 1 is 0.977 bits per heavy atom. The molecule has 1 N–H and O–H groups in total. The summed E-state index contributed by atoms with van der Waals surface area (Å²) in [4.78, 5) is 33.6. The summed E-state index contributed by atoms with van der Waals surface area (Å²) in [6.45, 7) is 10.9. The van der Waals surface area contributed by atoms with Crippen molar-refractivity contribution >= 4 is 34.0 Å². The first-order chi connectivity index (χ1) is 21.0. The molecule has 0 saturated heterocycles. The first-order valence-electron chi connectivity index (χ1n) is 15.7. The molecular formula is C37H44N2O4S. The highest BCUT2D eigenvalue weighted by Crippen LogP contribution is 2.33. The number of pyridine rings is 1. The lowest BCUT2D eigenvalue weighted by atomic mass is 9.87. The zero-order valence-electron chi connectivity index (χ0n) is 26.7. The van der Waals surface area contributed by atoms with Gasteiger partial charge in [0.1, 0.15) is 23.2 Å². The van der Waals surface area contributed by atoms with E-state index in [1.54, 1.807) is 17.4 Å². The minimum Gasteiger partial charge on any atom is -0.467 e. The lowest BCUT2D eigenvalue weighted by molar-refractivity contribution is -0.142. The average molecular weight is 613 g/mol. The highest BCUT2D eigenvalue weighted by atomic mass is 32.1. The topological polar surface area (TPSA) is 77.5 Å². The molecule has 2 heterocycles. The number of fused-ring (bicyclic) bond motifs is 1. The number of methoxy groups -OCH3 is 1. The van der Waals surface area contributed by atoms with E-state index in [1.807, 2.05) is 36.4 Å². The van der Waals surface area contributed by atoms with Crippen molar-refractivity contribution in [2.75, 3.05) is 7.11 Å². The molecule has 1 atom stereocenters. The maximum absolute atomic E-state index is 13.7. The number of carbonyl (C=O) groups is 2. The number of nitrogens with zero attached hydrogens (tertiary/aromatic N) is 1. The van der Waals surface area contributed by atoms with Crippen LogP contribution in [0.5, 0.6) is 11.5 Å². The number of carbonyl (C=O) groups excluding carboxylic acids is 2. The van der Waals surface area contributed by atoms with Crippen LogP contribution in [0.2, 0.25) is 0 Å². The molecule has 0 unspecified atom stereocenters. The van der Waals surface area contributed by atoms with Crippen molar-refractivity contribution in [3.05, 3.63) is 87.4 Å². The van der Waals surface area contributed by atoms with Gasteiger partial charge in [0.2, 0.25) is 0 Å². The third-order valence-electron chi connectivity index (χ3n) is 8.47. The molecule has 0 spiro atoms. The van der Waals surface area contributed by atoms with Gasteiger partial charge in [0, 0.05) is 27.3 Å².